The number of anilines is 1. The molecule has 1 aromatic carbocycles. The van der Waals surface area contributed by atoms with Gasteiger partial charge in [-0.25, -0.2) is 12.8 Å². The lowest BCUT2D eigenvalue weighted by Crippen LogP contribution is -2.46. The highest BCUT2D eigenvalue weighted by Gasteiger charge is 2.22. The van der Waals surface area contributed by atoms with Crippen molar-refractivity contribution in [3.05, 3.63) is 30.1 Å². The van der Waals surface area contributed by atoms with Gasteiger partial charge in [-0.1, -0.05) is 12.1 Å². The summed E-state index contributed by atoms with van der Waals surface area (Å²) in [7, 11) is -2.11. The van der Waals surface area contributed by atoms with Crippen LogP contribution in [0.15, 0.2) is 24.3 Å². The Balaban J connectivity index is 2.00. The van der Waals surface area contributed by atoms with Crippen molar-refractivity contribution in [1.82, 2.24) is 10.2 Å². The number of para-hydroxylation sites is 1. The molecule has 0 aliphatic carbocycles. The van der Waals surface area contributed by atoms with Gasteiger partial charge in [0.1, 0.15) is 5.82 Å². The van der Waals surface area contributed by atoms with Crippen molar-refractivity contribution in [3.63, 3.8) is 0 Å². The minimum atomic E-state index is -3.50. The summed E-state index contributed by atoms with van der Waals surface area (Å²) >= 11 is 0. The van der Waals surface area contributed by atoms with E-state index in [1.54, 1.807) is 12.1 Å². The second-order valence-electron chi connectivity index (χ2n) is 4.83. The van der Waals surface area contributed by atoms with E-state index in [1.807, 2.05) is 0 Å². The molecule has 0 saturated carbocycles. The first-order valence-corrected chi connectivity index (χ1v) is 8.26. The molecule has 0 amide bonds. The van der Waals surface area contributed by atoms with E-state index in [0.717, 1.165) is 30.5 Å². The fourth-order valence-electron chi connectivity index (χ4n) is 2.17. The zero-order chi connectivity index (χ0) is 14.6. The van der Waals surface area contributed by atoms with Crippen molar-refractivity contribution in [2.45, 2.75) is 0 Å². The summed E-state index contributed by atoms with van der Waals surface area (Å²) < 4.78 is 39.2. The van der Waals surface area contributed by atoms with E-state index in [1.165, 1.54) is 19.2 Å². The Kier molecular flexibility index (Phi) is 4.95. The van der Waals surface area contributed by atoms with Crippen molar-refractivity contribution in [2.75, 3.05) is 49.8 Å². The molecule has 0 bridgehead atoms. The Morgan fingerprint density at radius 1 is 1.30 bits per heavy atom. The van der Waals surface area contributed by atoms with E-state index in [9.17, 15) is 12.8 Å². The molecule has 1 saturated heterocycles. The molecule has 7 heteroatoms. The van der Waals surface area contributed by atoms with Crippen LogP contribution in [-0.2, 0) is 10.0 Å². The lowest BCUT2D eigenvalue weighted by Gasteiger charge is -2.28. The number of rotatable bonds is 5. The van der Waals surface area contributed by atoms with Crippen LogP contribution in [0.3, 0.4) is 0 Å². The minimum Gasteiger partial charge on any atom is -0.314 e. The fraction of sp³-hybridized carbons (Fsp3) is 0.538. The van der Waals surface area contributed by atoms with Crippen LogP contribution in [0, 0.1) is 5.82 Å². The Morgan fingerprint density at radius 2 is 1.95 bits per heavy atom. The molecule has 0 unspecified atom stereocenters. The first-order valence-electron chi connectivity index (χ1n) is 6.65. The maximum Gasteiger partial charge on any atom is 0.236 e. The van der Waals surface area contributed by atoms with Crippen LogP contribution in [-0.4, -0.2) is 58.8 Å². The summed E-state index contributed by atoms with van der Waals surface area (Å²) in [5.41, 5.74) is 0.0906. The number of benzene rings is 1. The lowest BCUT2D eigenvalue weighted by molar-refractivity contribution is 0.254. The Morgan fingerprint density at radius 3 is 2.60 bits per heavy atom. The molecule has 1 aromatic rings. The van der Waals surface area contributed by atoms with Gasteiger partial charge < -0.3 is 5.32 Å². The summed E-state index contributed by atoms with van der Waals surface area (Å²) in [5, 5.41) is 3.22. The second kappa shape index (κ2) is 6.51. The van der Waals surface area contributed by atoms with E-state index < -0.39 is 15.8 Å². The van der Waals surface area contributed by atoms with Crippen molar-refractivity contribution in [1.29, 1.82) is 0 Å². The van der Waals surface area contributed by atoms with Gasteiger partial charge in [0.25, 0.3) is 0 Å². The van der Waals surface area contributed by atoms with E-state index in [0.29, 0.717) is 6.54 Å². The highest BCUT2D eigenvalue weighted by molar-refractivity contribution is 7.92. The third kappa shape index (κ3) is 3.68. The van der Waals surface area contributed by atoms with E-state index in [2.05, 4.69) is 10.2 Å². The molecule has 0 aromatic heterocycles. The molecule has 1 aliphatic rings. The molecule has 1 N–H and O–H groups in total. The van der Waals surface area contributed by atoms with Gasteiger partial charge in [0.15, 0.2) is 0 Å². The van der Waals surface area contributed by atoms with Crippen LogP contribution < -0.4 is 9.62 Å². The van der Waals surface area contributed by atoms with E-state index >= 15 is 0 Å². The molecular weight excluding hydrogens is 281 g/mol. The first kappa shape index (κ1) is 15.2. The number of hydrogen-bond acceptors (Lipinski definition) is 4. The second-order valence-corrected chi connectivity index (χ2v) is 6.95. The van der Waals surface area contributed by atoms with Gasteiger partial charge in [0.05, 0.1) is 11.4 Å². The highest BCUT2D eigenvalue weighted by Crippen LogP contribution is 2.20. The molecule has 1 fully saturated rings. The topological polar surface area (TPSA) is 52.7 Å². The van der Waals surface area contributed by atoms with Crippen molar-refractivity contribution >= 4 is 15.7 Å². The van der Waals surface area contributed by atoms with Gasteiger partial charge in [-0.2, -0.15) is 0 Å². The van der Waals surface area contributed by atoms with E-state index in [-0.39, 0.29) is 11.4 Å². The monoisotopic (exact) mass is 301 g/mol. The SMILES string of the molecule is CN(c1ccccc1F)S(=O)(=O)CCN1CCNCC1. The van der Waals surface area contributed by atoms with Gasteiger partial charge in [0.2, 0.25) is 10.0 Å². The Hall–Kier alpha value is -1.18. The fourth-order valence-corrected chi connectivity index (χ4v) is 3.38. The summed E-state index contributed by atoms with van der Waals surface area (Å²) in [6.45, 7) is 3.92. The van der Waals surface area contributed by atoms with Gasteiger partial charge in [-0.05, 0) is 12.1 Å². The largest absolute Gasteiger partial charge is 0.314 e. The van der Waals surface area contributed by atoms with Crippen LogP contribution in [0.25, 0.3) is 0 Å². The molecular formula is C13H20FN3O2S. The molecule has 1 aliphatic heterocycles. The number of nitrogens with one attached hydrogen (secondary N) is 1. The third-order valence-electron chi connectivity index (χ3n) is 3.48. The van der Waals surface area contributed by atoms with Crippen LogP contribution in [0.2, 0.25) is 0 Å². The number of nitrogens with zero attached hydrogens (tertiary/aromatic N) is 2. The lowest BCUT2D eigenvalue weighted by atomic mass is 10.3. The third-order valence-corrected chi connectivity index (χ3v) is 5.21. The number of halogens is 1. The normalized spacial score (nSPS) is 17.1. The predicted octanol–water partition coefficient (Wildman–Crippen LogP) is 0.497. The number of hydrogen-bond donors (Lipinski definition) is 1. The zero-order valence-corrected chi connectivity index (χ0v) is 12.4. The Labute approximate surface area is 119 Å². The average molecular weight is 301 g/mol. The van der Waals surface area contributed by atoms with Crippen LogP contribution >= 0.6 is 0 Å². The summed E-state index contributed by atoms with van der Waals surface area (Å²) in [4.78, 5) is 2.10. The predicted molar refractivity (Wildman–Crippen MR) is 77.9 cm³/mol. The number of sulfonamides is 1. The quantitative estimate of drug-likeness (QED) is 0.860. The van der Waals surface area contributed by atoms with Gasteiger partial charge in [0, 0.05) is 39.8 Å². The van der Waals surface area contributed by atoms with Crippen molar-refractivity contribution in [2.24, 2.45) is 0 Å². The first-order chi connectivity index (χ1) is 9.50. The zero-order valence-electron chi connectivity index (χ0n) is 11.5. The van der Waals surface area contributed by atoms with Crippen LogP contribution in [0.5, 0.6) is 0 Å². The summed E-state index contributed by atoms with van der Waals surface area (Å²) in [5.74, 6) is -0.529. The maximum absolute atomic E-state index is 13.6. The van der Waals surface area contributed by atoms with Gasteiger partial charge in [-0.15, -0.1) is 0 Å². The minimum absolute atomic E-state index is 0.00215. The highest BCUT2D eigenvalue weighted by atomic mass is 32.2. The molecule has 2 rings (SSSR count). The summed E-state index contributed by atoms with van der Waals surface area (Å²) in [6, 6.07) is 5.90. The van der Waals surface area contributed by atoms with Crippen molar-refractivity contribution < 1.29 is 12.8 Å². The molecule has 20 heavy (non-hydrogen) atoms. The van der Waals surface area contributed by atoms with Crippen molar-refractivity contribution in [3.8, 4) is 0 Å². The van der Waals surface area contributed by atoms with Gasteiger partial charge in [-0.3, -0.25) is 9.21 Å². The molecule has 0 radical (unpaired) electrons. The van der Waals surface area contributed by atoms with E-state index in [4.69, 9.17) is 0 Å². The maximum atomic E-state index is 13.6. The average Bonchev–Trinajstić information content (AvgIpc) is 2.46. The molecule has 0 spiro atoms. The van der Waals surface area contributed by atoms with Crippen LogP contribution in [0.4, 0.5) is 10.1 Å². The molecule has 1 heterocycles. The molecule has 5 nitrogen and oxygen atoms in total. The van der Waals surface area contributed by atoms with Crippen LogP contribution in [0.1, 0.15) is 0 Å². The Bertz CT molecular complexity index is 544. The molecule has 0 atom stereocenters. The van der Waals surface area contributed by atoms with Gasteiger partial charge >= 0.3 is 0 Å². The smallest absolute Gasteiger partial charge is 0.236 e. The number of piperazine rings is 1. The molecule has 112 valence electrons. The standard InChI is InChI=1S/C13H20FN3O2S/c1-16(13-5-3-2-4-12(13)14)20(18,19)11-10-17-8-6-15-7-9-17/h2-5,15H,6-11H2,1H3. The summed E-state index contributed by atoms with van der Waals surface area (Å²) in [6.07, 6.45) is 0.